The van der Waals surface area contributed by atoms with Gasteiger partial charge in [-0.15, -0.1) is 0 Å². The molecule has 0 fully saturated rings. The quantitative estimate of drug-likeness (QED) is 0.421. The van der Waals surface area contributed by atoms with Crippen LogP contribution in [0.2, 0.25) is 0 Å². The Hall–Kier alpha value is -2.70. The second-order valence-corrected chi connectivity index (χ2v) is 5.05. The summed E-state index contributed by atoms with van der Waals surface area (Å²) in [4.78, 5) is 0. The number of nitrogens with zero attached hydrogens (tertiary/aromatic N) is 2. The lowest BCUT2D eigenvalue weighted by molar-refractivity contribution is -0.0215. The zero-order valence-electron chi connectivity index (χ0n) is 13.1. The van der Waals surface area contributed by atoms with Crippen molar-refractivity contribution in [2.75, 3.05) is 0 Å². The minimum Gasteiger partial charge on any atom is -0.411 e. The number of hydrogen-bond acceptors (Lipinski definition) is 6. The van der Waals surface area contributed by atoms with E-state index < -0.39 is 12.2 Å². The average Bonchev–Trinajstić information content (AvgIpc) is 2.64. The second kappa shape index (κ2) is 10.1. The second-order valence-electron chi connectivity index (χ2n) is 5.05. The summed E-state index contributed by atoms with van der Waals surface area (Å²) in [5, 5.41) is 23.8. The van der Waals surface area contributed by atoms with Crippen molar-refractivity contribution in [3.63, 3.8) is 0 Å². The van der Waals surface area contributed by atoms with Crippen LogP contribution in [0, 0.1) is 0 Å². The summed E-state index contributed by atoms with van der Waals surface area (Å²) in [5.74, 6) is 0. The number of rotatable bonds is 9. The minimum absolute atomic E-state index is 0.308. The third-order valence-corrected chi connectivity index (χ3v) is 3.32. The molecule has 0 saturated heterocycles. The number of benzene rings is 2. The lowest BCUT2D eigenvalue weighted by atomic mass is 10.2. The first-order valence-electron chi connectivity index (χ1n) is 7.49. The van der Waals surface area contributed by atoms with Gasteiger partial charge in [-0.25, -0.2) is 0 Å². The first-order chi connectivity index (χ1) is 11.8. The van der Waals surface area contributed by atoms with E-state index in [9.17, 15) is 0 Å². The van der Waals surface area contributed by atoms with Crippen LogP contribution in [-0.4, -0.2) is 35.1 Å². The van der Waals surface area contributed by atoms with Crippen LogP contribution in [0.25, 0.3) is 0 Å². The van der Waals surface area contributed by atoms with Gasteiger partial charge in [0.2, 0.25) is 0 Å². The van der Waals surface area contributed by atoms with Crippen LogP contribution in [-0.2, 0) is 22.7 Å². The number of oxime groups is 2. The lowest BCUT2D eigenvalue weighted by Crippen LogP contribution is -2.34. The summed E-state index contributed by atoms with van der Waals surface area (Å²) in [6.07, 6.45) is 1.02. The molecule has 0 heterocycles. The van der Waals surface area contributed by atoms with Crippen LogP contribution in [0.5, 0.6) is 0 Å². The zero-order chi connectivity index (χ0) is 17.0. The monoisotopic (exact) mass is 328 g/mol. The molecule has 0 aromatic heterocycles. The first-order valence-corrected chi connectivity index (χ1v) is 7.49. The van der Waals surface area contributed by atoms with Gasteiger partial charge in [-0.05, 0) is 11.1 Å². The summed E-state index contributed by atoms with van der Waals surface area (Å²) in [6.45, 7) is 0.615. The van der Waals surface area contributed by atoms with Gasteiger partial charge in [0.05, 0.1) is 25.6 Å². The van der Waals surface area contributed by atoms with E-state index in [1.54, 1.807) is 0 Å². The molecule has 0 aliphatic rings. The molecule has 0 saturated carbocycles. The van der Waals surface area contributed by atoms with Crippen LogP contribution in [0.15, 0.2) is 71.0 Å². The molecule has 6 heteroatoms. The third kappa shape index (κ3) is 5.83. The predicted molar refractivity (Wildman–Crippen MR) is 90.6 cm³/mol. The molecule has 0 aliphatic heterocycles. The van der Waals surface area contributed by atoms with Crippen molar-refractivity contribution < 1.29 is 19.9 Å². The topological polar surface area (TPSA) is 83.6 Å². The Labute approximate surface area is 140 Å². The molecule has 0 aliphatic carbocycles. The van der Waals surface area contributed by atoms with Crippen molar-refractivity contribution in [2.45, 2.75) is 25.4 Å². The largest absolute Gasteiger partial charge is 0.411 e. The smallest absolute Gasteiger partial charge is 0.128 e. The van der Waals surface area contributed by atoms with Crippen molar-refractivity contribution in [3.8, 4) is 0 Å². The highest BCUT2D eigenvalue weighted by atomic mass is 16.5. The fourth-order valence-corrected chi connectivity index (χ4v) is 2.11. The van der Waals surface area contributed by atoms with E-state index in [0.717, 1.165) is 11.1 Å². The Morgan fingerprint density at radius 3 is 1.42 bits per heavy atom. The van der Waals surface area contributed by atoms with Gasteiger partial charge < -0.3 is 19.9 Å². The maximum absolute atomic E-state index is 8.86. The summed E-state index contributed by atoms with van der Waals surface area (Å²) in [6, 6.07) is 19.2. The van der Waals surface area contributed by atoms with E-state index in [-0.39, 0.29) is 0 Å². The van der Waals surface area contributed by atoms with Gasteiger partial charge in [0.1, 0.15) is 12.2 Å². The minimum atomic E-state index is -0.699. The van der Waals surface area contributed by atoms with E-state index >= 15 is 0 Å². The standard InChI is InChI=1S/C18H20N2O4/c21-19-11-17(23-13-15-7-3-1-4-8-15)18(12-20-22)24-14-16-9-5-2-6-10-16/h1-12,17-18,21-22H,13-14H2/b19-11+,20-12+/t17-,18-/m0/s1. The fraction of sp³-hybridized carbons (Fsp3) is 0.222. The number of ether oxygens (including phenoxy) is 2. The predicted octanol–water partition coefficient (Wildman–Crippen LogP) is 3.08. The molecule has 24 heavy (non-hydrogen) atoms. The van der Waals surface area contributed by atoms with E-state index in [1.165, 1.54) is 12.4 Å². The molecule has 0 unspecified atom stereocenters. The van der Waals surface area contributed by atoms with Crippen molar-refractivity contribution in [3.05, 3.63) is 71.8 Å². The van der Waals surface area contributed by atoms with Crippen molar-refractivity contribution in [1.82, 2.24) is 0 Å². The first kappa shape index (κ1) is 17.7. The summed E-state index contributed by atoms with van der Waals surface area (Å²) >= 11 is 0. The summed E-state index contributed by atoms with van der Waals surface area (Å²) < 4.78 is 11.5. The van der Waals surface area contributed by atoms with E-state index in [2.05, 4.69) is 10.3 Å². The van der Waals surface area contributed by atoms with Crippen LogP contribution >= 0.6 is 0 Å². The molecule has 0 amide bonds. The van der Waals surface area contributed by atoms with Gasteiger partial charge in [-0.1, -0.05) is 71.0 Å². The van der Waals surface area contributed by atoms with E-state index in [4.69, 9.17) is 19.9 Å². The Kier molecular flexibility index (Phi) is 7.46. The van der Waals surface area contributed by atoms with Crippen molar-refractivity contribution in [1.29, 1.82) is 0 Å². The molecular formula is C18H20N2O4. The van der Waals surface area contributed by atoms with Crippen LogP contribution in [0.4, 0.5) is 0 Å². The van der Waals surface area contributed by atoms with E-state index in [1.807, 2.05) is 60.7 Å². The van der Waals surface area contributed by atoms with Gasteiger partial charge in [0.15, 0.2) is 0 Å². The van der Waals surface area contributed by atoms with Gasteiger partial charge in [0.25, 0.3) is 0 Å². The third-order valence-electron chi connectivity index (χ3n) is 3.32. The van der Waals surface area contributed by atoms with Crippen LogP contribution in [0.3, 0.4) is 0 Å². The highest BCUT2D eigenvalue weighted by molar-refractivity contribution is 5.74. The highest BCUT2D eigenvalue weighted by Crippen LogP contribution is 2.10. The zero-order valence-corrected chi connectivity index (χ0v) is 13.1. The lowest BCUT2D eigenvalue weighted by Gasteiger charge is -2.21. The molecule has 0 spiro atoms. The van der Waals surface area contributed by atoms with Gasteiger partial charge >= 0.3 is 0 Å². The molecule has 2 rings (SSSR count). The average molecular weight is 328 g/mol. The van der Waals surface area contributed by atoms with Crippen LogP contribution in [0.1, 0.15) is 11.1 Å². The van der Waals surface area contributed by atoms with E-state index in [0.29, 0.717) is 13.2 Å². The van der Waals surface area contributed by atoms with Gasteiger partial charge in [-0.2, -0.15) is 0 Å². The van der Waals surface area contributed by atoms with Gasteiger partial charge in [0, 0.05) is 0 Å². The summed E-state index contributed by atoms with van der Waals surface area (Å²) in [7, 11) is 0. The Bertz CT molecular complexity index is 574. The molecule has 126 valence electrons. The Balaban J connectivity index is 2.00. The molecule has 2 aromatic carbocycles. The SMILES string of the molecule is O/N=C/[C@H](OCc1ccccc1)[C@H](/C=N/O)OCc1ccccc1. The molecule has 2 N–H and O–H groups in total. The molecule has 2 atom stereocenters. The van der Waals surface area contributed by atoms with Gasteiger partial charge in [-0.3, -0.25) is 0 Å². The number of hydrogen-bond donors (Lipinski definition) is 2. The van der Waals surface area contributed by atoms with Crippen LogP contribution < -0.4 is 0 Å². The molecular weight excluding hydrogens is 308 g/mol. The Morgan fingerprint density at radius 1 is 0.708 bits per heavy atom. The molecule has 2 aromatic rings. The maximum Gasteiger partial charge on any atom is 0.128 e. The van der Waals surface area contributed by atoms with Crippen molar-refractivity contribution >= 4 is 12.4 Å². The van der Waals surface area contributed by atoms with Crippen molar-refractivity contribution in [2.24, 2.45) is 10.3 Å². The highest BCUT2D eigenvalue weighted by Gasteiger charge is 2.21. The molecule has 6 nitrogen and oxygen atoms in total. The normalized spacial score (nSPS) is 14.2. The summed E-state index contributed by atoms with van der Waals surface area (Å²) in [5.41, 5.74) is 1.94. The Morgan fingerprint density at radius 2 is 1.08 bits per heavy atom. The molecule has 0 bridgehead atoms. The molecule has 0 radical (unpaired) electrons. The fourth-order valence-electron chi connectivity index (χ4n) is 2.11. The maximum atomic E-state index is 8.86.